The monoisotopic (exact) mass is 239 g/mol. The number of hydrogen-bond acceptors (Lipinski definition) is 5. The van der Waals surface area contributed by atoms with Crippen molar-refractivity contribution in [3.8, 4) is 6.07 Å². The molecular formula is C12H17NO4. The smallest absolute Gasteiger partial charge is 0.348 e. The molecule has 1 unspecified atom stereocenters. The van der Waals surface area contributed by atoms with Gasteiger partial charge in [0.1, 0.15) is 11.6 Å². The Balaban J connectivity index is 5.04. The predicted molar refractivity (Wildman–Crippen MR) is 60.7 cm³/mol. The number of nitriles is 1. The Morgan fingerprint density at radius 1 is 1.24 bits per heavy atom. The largest absolute Gasteiger partial charge is 0.466 e. The summed E-state index contributed by atoms with van der Waals surface area (Å²) in [6.07, 6.45) is 0. The summed E-state index contributed by atoms with van der Waals surface area (Å²) >= 11 is 0. The minimum atomic E-state index is -0.705. The molecule has 0 spiro atoms. The lowest BCUT2D eigenvalue weighted by Crippen LogP contribution is -2.19. The van der Waals surface area contributed by atoms with Gasteiger partial charge in [0, 0.05) is 0 Å². The molecule has 0 aliphatic rings. The van der Waals surface area contributed by atoms with E-state index in [1.54, 1.807) is 33.8 Å². The standard InChI is InChI=1S/C12H17NO4/c1-5-16-11(14)9(4)8(3)10(7-13)12(15)17-6-2/h9H,5-6H2,1-4H3/b10-8-. The molecule has 17 heavy (non-hydrogen) atoms. The first kappa shape index (κ1) is 15.2. The Labute approximate surface area is 101 Å². The van der Waals surface area contributed by atoms with Crippen molar-refractivity contribution >= 4 is 11.9 Å². The summed E-state index contributed by atoms with van der Waals surface area (Å²) in [5, 5.41) is 8.89. The number of ether oxygens (including phenoxy) is 2. The summed E-state index contributed by atoms with van der Waals surface area (Å²) in [5.74, 6) is -1.79. The van der Waals surface area contributed by atoms with Crippen molar-refractivity contribution in [2.45, 2.75) is 27.7 Å². The van der Waals surface area contributed by atoms with Gasteiger partial charge in [0.2, 0.25) is 0 Å². The molecule has 0 amide bonds. The van der Waals surface area contributed by atoms with Gasteiger partial charge in [-0.1, -0.05) is 0 Å². The third-order valence-electron chi connectivity index (χ3n) is 2.28. The van der Waals surface area contributed by atoms with Crippen molar-refractivity contribution in [3.05, 3.63) is 11.1 Å². The minimum Gasteiger partial charge on any atom is -0.466 e. The van der Waals surface area contributed by atoms with Gasteiger partial charge in [-0.15, -0.1) is 0 Å². The molecule has 0 saturated carbocycles. The molecule has 0 rings (SSSR count). The zero-order valence-electron chi connectivity index (χ0n) is 10.6. The summed E-state index contributed by atoms with van der Waals surface area (Å²) in [7, 11) is 0. The molecule has 0 aliphatic heterocycles. The quantitative estimate of drug-likeness (QED) is 0.413. The highest BCUT2D eigenvalue weighted by molar-refractivity contribution is 5.94. The predicted octanol–water partition coefficient (Wildman–Crippen LogP) is 1.59. The maximum Gasteiger partial charge on any atom is 0.348 e. The maximum absolute atomic E-state index is 11.5. The van der Waals surface area contributed by atoms with Crippen LogP contribution in [-0.2, 0) is 19.1 Å². The van der Waals surface area contributed by atoms with E-state index < -0.39 is 17.9 Å². The van der Waals surface area contributed by atoms with Gasteiger partial charge in [0.25, 0.3) is 0 Å². The normalized spacial score (nSPS) is 13.1. The van der Waals surface area contributed by atoms with Crippen LogP contribution in [0.15, 0.2) is 11.1 Å². The fourth-order valence-corrected chi connectivity index (χ4v) is 1.16. The highest BCUT2D eigenvalue weighted by Gasteiger charge is 2.23. The summed E-state index contributed by atoms with van der Waals surface area (Å²) in [4.78, 5) is 22.9. The number of nitrogens with zero attached hydrogens (tertiary/aromatic N) is 1. The molecule has 0 radical (unpaired) electrons. The lowest BCUT2D eigenvalue weighted by Gasteiger charge is -2.12. The Morgan fingerprint density at radius 3 is 2.18 bits per heavy atom. The van der Waals surface area contributed by atoms with Gasteiger partial charge in [0.15, 0.2) is 0 Å². The topological polar surface area (TPSA) is 76.4 Å². The second kappa shape index (κ2) is 7.44. The highest BCUT2D eigenvalue weighted by atomic mass is 16.5. The molecule has 5 nitrogen and oxygen atoms in total. The highest BCUT2D eigenvalue weighted by Crippen LogP contribution is 2.17. The number of carbonyl (C=O) groups excluding carboxylic acids is 2. The molecule has 0 aliphatic carbocycles. The molecule has 94 valence electrons. The second-order valence-electron chi connectivity index (χ2n) is 3.36. The molecule has 0 aromatic heterocycles. The Morgan fingerprint density at radius 2 is 1.76 bits per heavy atom. The molecule has 5 heteroatoms. The van der Waals surface area contributed by atoms with Crippen molar-refractivity contribution in [3.63, 3.8) is 0 Å². The van der Waals surface area contributed by atoms with Crippen LogP contribution in [0.1, 0.15) is 27.7 Å². The number of esters is 2. The Hall–Kier alpha value is -1.83. The van der Waals surface area contributed by atoms with Crippen LogP contribution in [0, 0.1) is 17.2 Å². The minimum absolute atomic E-state index is 0.132. The molecule has 0 heterocycles. The summed E-state index contributed by atoms with van der Waals surface area (Å²) in [5.41, 5.74) is 0.233. The summed E-state index contributed by atoms with van der Waals surface area (Å²) in [6, 6.07) is 1.76. The van der Waals surface area contributed by atoms with E-state index in [9.17, 15) is 9.59 Å². The molecule has 1 atom stereocenters. The van der Waals surface area contributed by atoms with E-state index in [2.05, 4.69) is 0 Å². The average Bonchev–Trinajstić information content (AvgIpc) is 2.29. The van der Waals surface area contributed by atoms with Crippen LogP contribution in [0.3, 0.4) is 0 Å². The first-order valence-corrected chi connectivity index (χ1v) is 5.44. The Kier molecular flexibility index (Phi) is 6.64. The number of rotatable bonds is 5. The van der Waals surface area contributed by atoms with E-state index in [0.29, 0.717) is 5.57 Å². The van der Waals surface area contributed by atoms with Crippen molar-refractivity contribution in [1.29, 1.82) is 5.26 Å². The zero-order valence-corrected chi connectivity index (χ0v) is 10.6. The van der Waals surface area contributed by atoms with Gasteiger partial charge in [0.05, 0.1) is 19.1 Å². The van der Waals surface area contributed by atoms with Gasteiger partial charge < -0.3 is 9.47 Å². The van der Waals surface area contributed by atoms with E-state index >= 15 is 0 Å². The van der Waals surface area contributed by atoms with Crippen molar-refractivity contribution < 1.29 is 19.1 Å². The van der Waals surface area contributed by atoms with E-state index in [-0.39, 0.29) is 18.8 Å². The summed E-state index contributed by atoms with van der Waals surface area (Å²) in [6.45, 7) is 6.93. The van der Waals surface area contributed by atoms with E-state index in [0.717, 1.165) is 0 Å². The molecule has 0 bridgehead atoms. The van der Waals surface area contributed by atoms with Crippen LogP contribution >= 0.6 is 0 Å². The van der Waals surface area contributed by atoms with E-state index in [1.807, 2.05) is 0 Å². The molecule has 0 aromatic rings. The number of hydrogen-bond donors (Lipinski definition) is 0. The first-order chi connectivity index (χ1) is 7.99. The van der Waals surface area contributed by atoms with Crippen LogP contribution in [0.4, 0.5) is 0 Å². The zero-order chi connectivity index (χ0) is 13.4. The molecule has 0 saturated heterocycles. The van der Waals surface area contributed by atoms with Crippen LogP contribution < -0.4 is 0 Å². The average molecular weight is 239 g/mol. The maximum atomic E-state index is 11.5. The molecule has 0 aromatic carbocycles. The van der Waals surface area contributed by atoms with Gasteiger partial charge in [-0.25, -0.2) is 4.79 Å². The van der Waals surface area contributed by atoms with Crippen LogP contribution in [0.2, 0.25) is 0 Å². The first-order valence-electron chi connectivity index (χ1n) is 5.44. The van der Waals surface area contributed by atoms with Gasteiger partial charge in [-0.05, 0) is 33.3 Å². The van der Waals surface area contributed by atoms with Crippen molar-refractivity contribution in [2.75, 3.05) is 13.2 Å². The van der Waals surface area contributed by atoms with E-state index in [4.69, 9.17) is 14.7 Å². The fourth-order valence-electron chi connectivity index (χ4n) is 1.16. The van der Waals surface area contributed by atoms with Crippen LogP contribution in [-0.4, -0.2) is 25.2 Å². The third-order valence-corrected chi connectivity index (χ3v) is 2.28. The molecule has 0 N–H and O–H groups in total. The van der Waals surface area contributed by atoms with Gasteiger partial charge in [-0.2, -0.15) is 5.26 Å². The molecule has 0 fully saturated rings. The van der Waals surface area contributed by atoms with E-state index in [1.165, 1.54) is 0 Å². The van der Waals surface area contributed by atoms with Crippen molar-refractivity contribution in [1.82, 2.24) is 0 Å². The SMILES string of the molecule is CCOC(=O)/C(C#N)=C(/C)C(C)C(=O)OCC. The third kappa shape index (κ3) is 4.27. The second-order valence-corrected chi connectivity index (χ2v) is 3.36. The fraction of sp³-hybridized carbons (Fsp3) is 0.583. The van der Waals surface area contributed by atoms with Crippen LogP contribution in [0.25, 0.3) is 0 Å². The molecular weight excluding hydrogens is 222 g/mol. The Bertz CT molecular complexity index is 365. The lowest BCUT2D eigenvalue weighted by molar-refractivity contribution is -0.146. The van der Waals surface area contributed by atoms with Crippen molar-refractivity contribution in [2.24, 2.45) is 5.92 Å². The van der Waals surface area contributed by atoms with Gasteiger partial charge in [-0.3, -0.25) is 4.79 Å². The van der Waals surface area contributed by atoms with Crippen LogP contribution in [0.5, 0.6) is 0 Å². The number of carbonyl (C=O) groups is 2. The summed E-state index contributed by atoms with van der Waals surface area (Å²) < 4.78 is 9.56. The lowest BCUT2D eigenvalue weighted by atomic mass is 9.98. The van der Waals surface area contributed by atoms with Gasteiger partial charge >= 0.3 is 11.9 Å².